The highest BCUT2D eigenvalue weighted by molar-refractivity contribution is 6.40. The molecule has 0 heterocycles. The quantitative estimate of drug-likeness (QED) is 0.568. The standard InChI is InChI=1S/C7H4Cl2FNO2/c8-4-2(7(12)13)1-3(10)5(9)6(4)11/h1H,11H2,(H,12,13). The molecule has 0 atom stereocenters. The van der Waals surface area contributed by atoms with Gasteiger partial charge in [-0.3, -0.25) is 0 Å². The van der Waals surface area contributed by atoms with E-state index in [-0.39, 0.29) is 15.7 Å². The van der Waals surface area contributed by atoms with Crippen LogP contribution in [0.4, 0.5) is 10.1 Å². The van der Waals surface area contributed by atoms with Crippen molar-refractivity contribution in [1.29, 1.82) is 0 Å². The van der Waals surface area contributed by atoms with Crippen molar-refractivity contribution < 1.29 is 14.3 Å². The molecule has 1 aromatic carbocycles. The van der Waals surface area contributed by atoms with Crippen LogP contribution in [-0.4, -0.2) is 11.1 Å². The Morgan fingerprint density at radius 1 is 1.46 bits per heavy atom. The van der Waals surface area contributed by atoms with E-state index in [2.05, 4.69) is 0 Å². The van der Waals surface area contributed by atoms with E-state index < -0.39 is 17.3 Å². The van der Waals surface area contributed by atoms with Gasteiger partial charge in [0.2, 0.25) is 0 Å². The summed E-state index contributed by atoms with van der Waals surface area (Å²) in [6, 6.07) is 0.726. The van der Waals surface area contributed by atoms with Crippen LogP contribution in [0, 0.1) is 5.82 Å². The lowest BCUT2D eigenvalue weighted by Crippen LogP contribution is -2.02. The summed E-state index contributed by atoms with van der Waals surface area (Å²) in [5, 5.41) is 7.94. The number of hydrogen-bond acceptors (Lipinski definition) is 2. The fourth-order valence-electron chi connectivity index (χ4n) is 0.779. The molecule has 0 aromatic heterocycles. The molecule has 0 bridgehead atoms. The van der Waals surface area contributed by atoms with Crippen molar-refractivity contribution in [3.8, 4) is 0 Å². The van der Waals surface area contributed by atoms with E-state index in [9.17, 15) is 9.18 Å². The predicted molar refractivity (Wildman–Crippen MR) is 47.8 cm³/mol. The third kappa shape index (κ3) is 1.68. The smallest absolute Gasteiger partial charge is 0.337 e. The second-order valence-electron chi connectivity index (χ2n) is 2.25. The van der Waals surface area contributed by atoms with Crippen molar-refractivity contribution in [3.63, 3.8) is 0 Å². The molecule has 6 heteroatoms. The molecule has 0 saturated carbocycles. The maximum absolute atomic E-state index is 12.8. The van der Waals surface area contributed by atoms with Gasteiger partial charge in [0.1, 0.15) is 10.8 Å². The molecule has 0 spiro atoms. The van der Waals surface area contributed by atoms with Gasteiger partial charge in [0, 0.05) is 0 Å². The number of carboxylic acid groups (broad SMARTS) is 1. The molecule has 0 aliphatic carbocycles. The molecule has 0 saturated heterocycles. The van der Waals surface area contributed by atoms with E-state index >= 15 is 0 Å². The fraction of sp³-hybridized carbons (Fsp3) is 0. The van der Waals surface area contributed by atoms with E-state index in [1.54, 1.807) is 0 Å². The highest BCUT2D eigenvalue weighted by atomic mass is 35.5. The summed E-state index contributed by atoms with van der Waals surface area (Å²) in [6.07, 6.45) is 0. The molecule has 1 rings (SSSR count). The summed E-state index contributed by atoms with van der Waals surface area (Å²) in [7, 11) is 0. The first-order valence-corrected chi connectivity index (χ1v) is 3.87. The van der Waals surface area contributed by atoms with Crippen molar-refractivity contribution >= 4 is 34.9 Å². The van der Waals surface area contributed by atoms with Crippen LogP contribution in [0.5, 0.6) is 0 Å². The summed E-state index contributed by atoms with van der Waals surface area (Å²) >= 11 is 10.9. The van der Waals surface area contributed by atoms with Gasteiger partial charge in [0.25, 0.3) is 0 Å². The number of halogens is 3. The topological polar surface area (TPSA) is 63.3 Å². The predicted octanol–water partition coefficient (Wildman–Crippen LogP) is 2.41. The van der Waals surface area contributed by atoms with Crippen LogP contribution in [0.15, 0.2) is 6.07 Å². The van der Waals surface area contributed by atoms with Gasteiger partial charge in [0.15, 0.2) is 0 Å². The number of carboxylic acids is 1. The van der Waals surface area contributed by atoms with Gasteiger partial charge < -0.3 is 10.8 Å². The third-order valence-corrected chi connectivity index (χ3v) is 2.21. The first-order chi connectivity index (χ1) is 5.95. The summed E-state index contributed by atoms with van der Waals surface area (Å²) in [5.41, 5.74) is 4.59. The molecule has 0 unspecified atom stereocenters. The molecule has 3 N–H and O–H groups in total. The minimum atomic E-state index is -1.35. The van der Waals surface area contributed by atoms with Gasteiger partial charge >= 0.3 is 5.97 Å². The zero-order chi connectivity index (χ0) is 10.2. The molecular weight excluding hydrogens is 220 g/mol. The minimum absolute atomic E-state index is 0.251. The molecule has 0 aliphatic heterocycles. The Morgan fingerprint density at radius 3 is 2.46 bits per heavy atom. The molecule has 3 nitrogen and oxygen atoms in total. The van der Waals surface area contributed by atoms with Crippen LogP contribution < -0.4 is 5.73 Å². The van der Waals surface area contributed by atoms with E-state index in [1.807, 2.05) is 0 Å². The first kappa shape index (κ1) is 10.1. The molecule has 1 aromatic rings. The number of anilines is 1. The Labute approximate surface area is 82.9 Å². The molecule has 0 aliphatic rings. The largest absolute Gasteiger partial charge is 0.478 e. The maximum atomic E-state index is 12.8. The number of aromatic carboxylic acids is 1. The van der Waals surface area contributed by atoms with Crippen LogP contribution in [0.1, 0.15) is 10.4 Å². The van der Waals surface area contributed by atoms with E-state index in [1.165, 1.54) is 0 Å². The number of nitrogen functional groups attached to an aromatic ring is 1. The van der Waals surface area contributed by atoms with E-state index in [0.717, 1.165) is 6.07 Å². The summed E-state index contributed by atoms with van der Waals surface area (Å²) in [5.74, 6) is -2.26. The third-order valence-electron chi connectivity index (χ3n) is 1.42. The highest BCUT2D eigenvalue weighted by Gasteiger charge is 2.17. The normalized spacial score (nSPS) is 10.1. The Hall–Kier alpha value is -1.00. The van der Waals surface area contributed by atoms with Crippen LogP contribution in [0.3, 0.4) is 0 Å². The number of benzene rings is 1. The average Bonchev–Trinajstić information content (AvgIpc) is 2.07. The van der Waals surface area contributed by atoms with Gasteiger partial charge in [0.05, 0.1) is 16.3 Å². The Morgan fingerprint density at radius 2 is 2.00 bits per heavy atom. The monoisotopic (exact) mass is 223 g/mol. The van der Waals surface area contributed by atoms with E-state index in [0.29, 0.717) is 0 Å². The fourth-order valence-corrected chi connectivity index (χ4v) is 1.21. The number of nitrogens with two attached hydrogens (primary N) is 1. The molecule has 13 heavy (non-hydrogen) atoms. The van der Waals surface area contributed by atoms with Crippen LogP contribution in [-0.2, 0) is 0 Å². The van der Waals surface area contributed by atoms with Crippen LogP contribution >= 0.6 is 23.2 Å². The Balaban J connectivity index is 3.50. The summed E-state index contributed by atoms with van der Waals surface area (Å²) < 4.78 is 12.8. The van der Waals surface area contributed by atoms with E-state index in [4.69, 9.17) is 34.0 Å². The van der Waals surface area contributed by atoms with Crippen molar-refractivity contribution in [2.75, 3.05) is 5.73 Å². The lowest BCUT2D eigenvalue weighted by molar-refractivity contribution is 0.0696. The molecule has 70 valence electrons. The van der Waals surface area contributed by atoms with Gasteiger partial charge in [-0.1, -0.05) is 23.2 Å². The molecular formula is C7H4Cl2FNO2. The van der Waals surface area contributed by atoms with Gasteiger partial charge in [-0.2, -0.15) is 0 Å². The van der Waals surface area contributed by atoms with Crippen molar-refractivity contribution in [2.24, 2.45) is 0 Å². The molecule has 0 amide bonds. The second-order valence-corrected chi connectivity index (χ2v) is 3.01. The number of carbonyl (C=O) groups is 1. The van der Waals surface area contributed by atoms with Crippen molar-refractivity contribution in [1.82, 2.24) is 0 Å². The second kappa shape index (κ2) is 3.40. The molecule has 0 radical (unpaired) electrons. The van der Waals surface area contributed by atoms with Crippen molar-refractivity contribution in [3.05, 3.63) is 27.5 Å². The minimum Gasteiger partial charge on any atom is -0.478 e. The van der Waals surface area contributed by atoms with Gasteiger partial charge in [-0.15, -0.1) is 0 Å². The number of hydrogen-bond donors (Lipinski definition) is 2. The molecule has 0 fully saturated rings. The SMILES string of the molecule is Nc1c(Cl)c(F)cc(C(=O)O)c1Cl. The first-order valence-electron chi connectivity index (χ1n) is 3.11. The van der Waals surface area contributed by atoms with Gasteiger partial charge in [-0.05, 0) is 6.07 Å². The van der Waals surface area contributed by atoms with Crippen molar-refractivity contribution in [2.45, 2.75) is 0 Å². The maximum Gasteiger partial charge on any atom is 0.337 e. The zero-order valence-corrected chi connectivity index (χ0v) is 7.66. The van der Waals surface area contributed by atoms with Gasteiger partial charge in [-0.25, -0.2) is 9.18 Å². The van der Waals surface area contributed by atoms with Crippen LogP contribution in [0.25, 0.3) is 0 Å². The highest BCUT2D eigenvalue weighted by Crippen LogP contribution is 2.32. The zero-order valence-electron chi connectivity index (χ0n) is 6.14. The summed E-state index contributed by atoms with van der Waals surface area (Å²) in [4.78, 5) is 10.5. The summed E-state index contributed by atoms with van der Waals surface area (Å²) in [6.45, 7) is 0. The average molecular weight is 224 g/mol. The lowest BCUT2D eigenvalue weighted by atomic mass is 10.2. The number of rotatable bonds is 1. The lowest BCUT2D eigenvalue weighted by Gasteiger charge is -2.05. The van der Waals surface area contributed by atoms with Crippen LogP contribution in [0.2, 0.25) is 10.0 Å². The Kier molecular flexibility index (Phi) is 2.63. The Bertz CT molecular complexity index is 381.